The standard InChI is InChI=1S/C21H30FN3O5S3/c1-3-18(22)5-4-16(2)17-12-19(15-32(26,27)21-7-6-20(13-23)31-21)25(14-17)33(28,29)24-8-10-30-11-9-24/h3-7,17,19H,2,8-15,23H2,1H3/b5-4-,18-3+/t17-,19-/m0/s1. The zero-order valence-corrected chi connectivity index (χ0v) is 21.0. The van der Waals surface area contributed by atoms with Gasteiger partial charge in [0.25, 0.3) is 10.2 Å². The number of morpholine rings is 1. The molecule has 0 bridgehead atoms. The maximum absolute atomic E-state index is 13.5. The van der Waals surface area contributed by atoms with E-state index in [4.69, 9.17) is 10.5 Å². The second kappa shape index (κ2) is 10.9. The topological polar surface area (TPSA) is 110 Å². The Morgan fingerprint density at radius 1 is 1.27 bits per heavy atom. The Kier molecular flexibility index (Phi) is 8.65. The summed E-state index contributed by atoms with van der Waals surface area (Å²) in [5, 5.41) is 0. The molecule has 0 saturated carbocycles. The average molecular weight is 520 g/mol. The molecule has 1 aromatic rings. The highest BCUT2D eigenvalue weighted by molar-refractivity contribution is 7.93. The minimum absolute atomic E-state index is 0.0823. The SMILES string of the molecule is C=C(/C=C\C(F)=C/C)[C@H]1C[C@@H](CS(=O)(=O)c2ccc(CN)s2)N(S(=O)(=O)N2CCOCC2)C1. The molecule has 0 spiro atoms. The molecule has 3 rings (SSSR count). The summed E-state index contributed by atoms with van der Waals surface area (Å²) in [4.78, 5) is 0.736. The Bertz CT molecular complexity index is 1120. The molecule has 0 aromatic carbocycles. The van der Waals surface area contributed by atoms with Gasteiger partial charge < -0.3 is 10.5 Å². The van der Waals surface area contributed by atoms with Crippen LogP contribution in [0.1, 0.15) is 18.2 Å². The van der Waals surface area contributed by atoms with Crippen LogP contribution in [-0.4, -0.2) is 70.1 Å². The summed E-state index contributed by atoms with van der Waals surface area (Å²) in [7, 11) is -7.65. The summed E-state index contributed by atoms with van der Waals surface area (Å²) in [6.45, 7) is 6.85. The minimum Gasteiger partial charge on any atom is -0.379 e. The van der Waals surface area contributed by atoms with Gasteiger partial charge in [-0.25, -0.2) is 12.8 Å². The minimum atomic E-state index is -3.91. The van der Waals surface area contributed by atoms with E-state index in [1.54, 1.807) is 13.0 Å². The van der Waals surface area contributed by atoms with Crippen molar-refractivity contribution in [3.8, 4) is 0 Å². The van der Waals surface area contributed by atoms with Gasteiger partial charge in [-0.2, -0.15) is 17.0 Å². The highest BCUT2D eigenvalue weighted by atomic mass is 32.2. The smallest absolute Gasteiger partial charge is 0.282 e. The van der Waals surface area contributed by atoms with E-state index in [0.29, 0.717) is 5.57 Å². The van der Waals surface area contributed by atoms with E-state index in [-0.39, 0.29) is 61.7 Å². The fourth-order valence-electron chi connectivity index (χ4n) is 3.90. The van der Waals surface area contributed by atoms with Gasteiger partial charge in [0, 0.05) is 37.1 Å². The number of sulfone groups is 1. The van der Waals surface area contributed by atoms with Gasteiger partial charge in [0.05, 0.1) is 19.0 Å². The lowest BCUT2D eigenvalue weighted by Gasteiger charge is -2.32. The fourth-order valence-corrected chi connectivity index (χ4v) is 8.72. The van der Waals surface area contributed by atoms with Crippen molar-refractivity contribution in [2.24, 2.45) is 11.7 Å². The molecule has 0 amide bonds. The van der Waals surface area contributed by atoms with Crippen LogP contribution in [0, 0.1) is 5.92 Å². The molecule has 1 aromatic heterocycles. The van der Waals surface area contributed by atoms with Crippen molar-refractivity contribution < 1.29 is 26.0 Å². The summed E-state index contributed by atoms with van der Waals surface area (Å²) in [6, 6.07) is 2.41. The highest BCUT2D eigenvalue weighted by Crippen LogP contribution is 2.35. The summed E-state index contributed by atoms with van der Waals surface area (Å²) < 4.78 is 74.6. The van der Waals surface area contributed by atoms with Crippen LogP contribution in [-0.2, 0) is 31.3 Å². The number of hydrogen-bond acceptors (Lipinski definition) is 7. The summed E-state index contributed by atoms with van der Waals surface area (Å²) in [6.07, 6.45) is 4.37. The van der Waals surface area contributed by atoms with Crippen molar-refractivity contribution in [2.45, 2.75) is 30.1 Å². The predicted molar refractivity (Wildman–Crippen MR) is 127 cm³/mol. The normalized spacial score (nSPS) is 24.0. The van der Waals surface area contributed by atoms with Crippen LogP contribution in [0.4, 0.5) is 4.39 Å². The molecular weight excluding hydrogens is 489 g/mol. The van der Waals surface area contributed by atoms with E-state index in [1.807, 2.05) is 0 Å². The molecule has 3 heterocycles. The quantitative estimate of drug-likeness (QED) is 0.501. The van der Waals surface area contributed by atoms with Crippen LogP contribution in [0.15, 0.2) is 52.5 Å². The molecule has 2 N–H and O–H groups in total. The van der Waals surface area contributed by atoms with Crippen LogP contribution in [0.2, 0.25) is 0 Å². The second-order valence-electron chi connectivity index (χ2n) is 7.96. The Morgan fingerprint density at radius 3 is 2.58 bits per heavy atom. The zero-order valence-electron chi connectivity index (χ0n) is 18.5. The molecule has 0 radical (unpaired) electrons. The van der Waals surface area contributed by atoms with E-state index in [0.717, 1.165) is 16.2 Å². The summed E-state index contributed by atoms with van der Waals surface area (Å²) in [5.74, 6) is -1.11. The molecular formula is C21H30FN3O5S3. The van der Waals surface area contributed by atoms with E-state index >= 15 is 0 Å². The number of thiophene rings is 1. The van der Waals surface area contributed by atoms with Gasteiger partial charge in [0.1, 0.15) is 10.0 Å². The predicted octanol–water partition coefficient (Wildman–Crippen LogP) is 2.23. The maximum atomic E-state index is 13.5. The fraction of sp³-hybridized carbons (Fsp3) is 0.524. The van der Waals surface area contributed by atoms with Crippen LogP contribution in [0.5, 0.6) is 0 Å². The first-order valence-electron chi connectivity index (χ1n) is 10.6. The number of hydrogen-bond donors (Lipinski definition) is 1. The van der Waals surface area contributed by atoms with Crippen molar-refractivity contribution in [2.75, 3.05) is 38.6 Å². The van der Waals surface area contributed by atoms with Crippen molar-refractivity contribution in [1.29, 1.82) is 0 Å². The van der Waals surface area contributed by atoms with Crippen molar-refractivity contribution in [3.63, 3.8) is 0 Å². The number of nitrogens with two attached hydrogens (primary N) is 1. The monoisotopic (exact) mass is 519 g/mol. The Labute approximate surface area is 199 Å². The first-order chi connectivity index (χ1) is 15.6. The molecule has 0 unspecified atom stereocenters. The third-order valence-corrected chi connectivity index (χ3v) is 11.3. The highest BCUT2D eigenvalue weighted by Gasteiger charge is 2.45. The Balaban J connectivity index is 1.88. The third-order valence-electron chi connectivity index (χ3n) is 5.77. The molecule has 2 aliphatic heterocycles. The lowest BCUT2D eigenvalue weighted by molar-refractivity contribution is 0.0700. The summed E-state index contributed by atoms with van der Waals surface area (Å²) in [5.41, 5.74) is 6.16. The van der Waals surface area contributed by atoms with Crippen molar-refractivity contribution in [1.82, 2.24) is 8.61 Å². The van der Waals surface area contributed by atoms with Gasteiger partial charge in [0.15, 0.2) is 9.84 Å². The molecule has 2 saturated heterocycles. The molecule has 184 valence electrons. The number of rotatable bonds is 9. The maximum Gasteiger partial charge on any atom is 0.282 e. The Hall–Kier alpha value is -1.41. The second-order valence-corrected chi connectivity index (χ2v) is 13.3. The molecule has 33 heavy (non-hydrogen) atoms. The Morgan fingerprint density at radius 2 is 1.97 bits per heavy atom. The van der Waals surface area contributed by atoms with Gasteiger partial charge in [0.2, 0.25) is 0 Å². The summed E-state index contributed by atoms with van der Waals surface area (Å²) >= 11 is 1.10. The first kappa shape index (κ1) is 26.2. The van der Waals surface area contributed by atoms with Crippen LogP contribution in [0.3, 0.4) is 0 Å². The van der Waals surface area contributed by atoms with Gasteiger partial charge in [-0.3, -0.25) is 0 Å². The van der Waals surface area contributed by atoms with Crippen molar-refractivity contribution in [3.05, 3.63) is 53.2 Å². The largest absolute Gasteiger partial charge is 0.379 e. The lowest BCUT2D eigenvalue weighted by Crippen LogP contribution is -2.51. The van der Waals surface area contributed by atoms with Crippen LogP contribution < -0.4 is 5.73 Å². The first-order valence-corrected chi connectivity index (χ1v) is 14.5. The van der Waals surface area contributed by atoms with E-state index in [1.165, 1.54) is 32.9 Å². The number of allylic oxidation sites excluding steroid dienone is 4. The molecule has 2 fully saturated rings. The van der Waals surface area contributed by atoms with E-state index in [2.05, 4.69) is 6.58 Å². The zero-order chi connectivity index (χ0) is 24.2. The number of ether oxygens (including phenoxy) is 1. The molecule has 2 atom stereocenters. The van der Waals surface area contributed by atoms with Gasteiger partial charge in [-0.15, -0.1) is 11.3 Å². The molecule has 12 heteroatoms. The molecule has 0 aliphatic carbocycles. The van der Waals surface area contributed by atoms with E-state index in [9.17, 15) is 21.2 Å². The number of halogens is 1. The van der Waals surface area contributed by atoms with E-state index < -0.39 is 31.9 Å². The number of nitrogens with zero attached hydrogens (tertiary/aromatic N) is 2. The van der Waals surface area contributed by atoms with Gasteiger partial charge in [-0.05, 0) is 37.5 Å². The van der Waals surface area contributed by atoms with Crippen LogP contribution in [0.25, 0.3) is 0 Å². The average Bonchev–Trinajstić information content (AvgIpc) is 3.45. The molecule has 2 aliphatic rings. The van der Waals surface area contributed by atoms with Gasteiger partial charge in [-0.1, -0.05) is 24.3 Å². The van der Waals surface area contributed by atoms with Gasteiger partial charge >= 0.3 is 0 Å². The molecule has 8 nitrogen and oxygen atoms in total. The third kappa shape index (κ3) is 6.18. The lowest BCUT2D eigenvalue weighted by atomic mass is 9.97. The van der Waals surface area contributed by atoms with Crippen LogP contribution >= 0.6 is 11.3 Å². The van der Waals surface area contributed by atoms with Crippen molar-refractivity contribution >= 4 is 31.4 Å².